The van der Waals surface area contributed by atoms with Crippen LogP contribution in [0.25, 0.3) is 0 Å². The highest BCUT2D eigenvalue weighted by Gasteiger charge is 2.23. The molecule has 1 aliphatic heterocycles. The maximum absolute atomic E-state index is 13.0. The number of pyridine rings is 1. The number of anilines is 1. The number of aromatic nitrogens is 1. The molecule has 0 spiro atoms. The monoisotopic (exact) mass is 339 g/mol. The van der Waals surface area contributed by atoms with Crippen LogP contribution in [0.3, 0.4) is 0 Å². The van der Waals surface area contributed by atoms with Crippen LogP contribution < -0.4 is 4.90 Å². The first-order valence-electron chi connectivity index (χ1n) is 7.84. The van der Waals surface area contributed by atoms with Crippen molar-refractivity contribution in [3.05, 3.63) is 18.3 Å². The van der Waals surface area contributed by atoms with Crippen LogP contribution >= 0.6 is 0 Å². The van der Waals surface area contributed by atoms with Gasteiger partial charge in [-0.05, 0) is 52.2 Å². The second kappa shape index (κ2) is 6.86. The van der Waals surface area contributed by atoms with Gasteiger partial charge in [0.25, 0.3) is 0 Å². The number of carbonyl (C=O) groups is 1. The number of hydrogen-bond donors (Lipinski definition) is 0. The molecule has 1 saturated heterocycles. The van der Waals surface area contributed by atoms with Crippen LogP contribution in [0.5, 0.6) is 0 Å². The molecule has 1 aromatic rings. The van der Waals surface area contributed by atoms with Crippen molar-refractivity contribution in [2.75, 3.05) is 24.2 Å². The summed E-state index contributed by atoms with van der Waals surface area (Å²) in [5, 5.41) is 0. The standard InChI is InChI=1S/C16H25N3O3S/c1-16(2,3)22-15(20)18-23(4,21)13-9-8-10-17-14(13)19-11-6-5-7-12-19/h8-10H,5-7,11-12H2,1-4H3/t23-/m1/s1. The van der Waals surface area contributed by atoms with Gasteiger partial charge in [0.1, 0.15) is 11.4 Å². The molecule has 1 amide bonds. The SMILES string of the molecule is CC(C)(C)OC(=O)N=[S@](C)(=O)c1cccnc1N1CCCCC1. The largest absolute Gasteiger partial charge is 0.442 e. The Labute approximate surface area is 138 Å². The quantitative estimate of drug-likeness (QED) is 0.825. The molecule has 1 fully saturated rings. The number of rotatable bonds is 2. The van der Waals surface area contributed by atoms with Gasteiger partial charge in [0.2, 0.25) is 0 Å². The fraction of sp³-hybridized carbons (Fsp3) is 0.625. The molecule has 6 nitrogen and oxygen atoms in total. The van der Waals surface area contributed by atoms with Gasteiger partial charge in [-0.25, -0.2) is 14.0 Å². The fourth-order valence-electron chi connectivity index (χ4n) is 2.49. The van der Waals surface area contributed by atoms with E-state index in [1.54, 1.807) is 39.1 Å². The second-order valence-corrected chi connectivity index (χ2v) is 8.97. The molecule has 0 saturated carbocycles. The van der Waals surface area contributed by atoms with Gasteiger partial charge in [0.15, 0.2) is 0 Å². The van der Waals surface area contributed by atoms with Gasteiger partial charge in [0.05, 0.1) is 14.6 Å². The molecule has 0 bridgehead atoms. The fourth-order valence-corrected chi connectivity index (χ4v) is 3.76. The molecule has 2 rings (SSSR count). The number of hydrogen-bond acceptors (Lipinski definition) is 5. The van der Waals surface area contributed by atoms with E-state index in [9.17, 15) is 9.00 Å². The summed E-state index contributed by atoms with van der Waals surface area (Å²) in [4.78, 5) is 18.9. The van der Waals surface area contributed by atoms with Gasteiger partial charge in [-0.15, -0.1) is 4.36 Å². The number of ether oxygens (including phenoxy) is 1. The first-order valence-corrected chi connectivity index (χ1v) is 9.76. The Balaban J connectivity index is 2.36. The van der Waals surface area contributed by atoms with Crippen LogP contribution in [0.4, 0.5) is 10.6 Å². The van der Waals surface area contributed by atoms with E-state index < -0.39 is 21.4 Å². The molecule has 1 aliphatic rings. The van der Waals surface area contributed by atoms with E-state index in [2.05, 4.69) is 14.2 Å². The van der Waals surface area contributed by atoms with Crippen LogP contribution in [0, 0.1) is 0 Å². The van der Waals surface area contributed by atoms with Crippen molar-refractivity contribution in [1.29, 1.82) is 0 Å². The predicted octanol–water partition coefficient (Wildman–Crippen LogP) is 3.46. The summed E-state index contributed by atoms with van der Waals surface area (Å²) >= 11 is 0. The van der Waals surface area contributed by atoms with Gasteiger partial charge in [-0.1, -0.05) is 0 Å². The molecule has 128 valence electrons. The van der Waals surface area contributed by atoms with Crippen LogP contribution in [0.2, 0.25) is 0 Å². The molecule has 1 aromatic heterocycles. The molecule has 1 atom stereocenters. The van der Waals surface area contributed by atoms with E-state index >= 15 is 0 Å². The predicted molar refractivity (Wildman–Crippen MR) is 91.3 cm³/mol. The van der Waals surface area contributed by atoms with Gasteiger partial charge < -0.3 is 9.64 Å². The van der Waals surface area contributed by atoms with Crippen molar-refractivity contribution in [3.8, 4) is 0 Å². The lowest BCUT2D eigenvalue weighted by Gasteiger charge is -2.29. The maximum atomic E-state index is 13.0. The van der Waals surface area contributed by atoms with E-state index in [1.807, 2.05) is 0 Å². The topological polar surface area (TPSA) is 71.9 Å². The molecular formula is C16H25N3O3S. The number of carbonyl (C=O) groups excluding carboxylic acids is 1. The lowest BCUT2D eigenvalue weighted by atomic mass is 10.1. The summed E-state index contributed by atoms with van der Waals surface area (Å²) in [5.41, 5.74) is -0.666. The molecule has 7 heteroatoms. The third-order valence-corrected chi connectivity index (χ3v) is 5.09. The van der Waals surface area contributed by atoms with Crippen LogP contribution in [0.15, 0.2) is 27.6 Å². The maximum Gasteiger partial charge on any atom is 0.442 e. The van der Waals surface area contributed by atoms with Crippen molar-refractivity contribution >= 4 is 21.6 Å². The second-order valence-electron chi connectivity index (χ2n) is 6.75. The minimum Gasteiger partial charge on any atom is -0.442 e. The zero-order valence-corrected chi connectivity index (χ0v) is 15.1. The molecule has 0 unspecified atom stereocenters. The summed E-state index contributed by atoms with van der Waals surface area (Å²) in [5.74, 6) is 0.659. The first kappa shape index (κ1) is 17.7. The normalized spacial score (nSPS) is 18.2. The van der Waals surface area contributed by atoms with Crippen molar-refractivity contribution in [1.82, 2.24) is 4.98 Å². The van der Waals surface area contributed by atoms with Crippen molar-refractivity contribution in [3.63, 3.8) is 0 Å². The number of piperidine rings is 1. The molecule has 23 heavy (non-hydrogen) atoms. The molecular weight excluding hydrogens is 314 g/mol. The summed E-state index contributed by atoms with van der Waals surface area (Å²) in [6.07, 6.45) is 5.70. The lowest BCUT2D eigenvalue weighted by Crippen LogP contribution is -2.31. The van der Waals surface area contributed by atoms with Crippen LogP contribution in [0.1, 0.15) is 40.0 Å². The Bertz CT molecular complexity index is 682. The van der Waals surface area contributed by atoms with E-state index in [-0.39, 0.29) is 0 Å². The zero-order valence-electron chi connectivity index (χ0n) is 14.2. The summed E-state index contributed by atoms with van der Waals surface area (Å²) in [7, 11) is -2.92. The zero-order chi connectivity index (χ0) is 17.1. The Kier molecular flexibility index (Phi) is 5.29. The van der Waals surface area contributed by atoms with Crippen molar-refractivity contribution in [2.45, 2.75) is 50.5 Å². The average molecular weight is 339 g/mol. The Hall–Kier alpha value is -1.63. The van der Waals surface area contributed by atoms with Crippen LogP contribution in [-0.2, 0) is 14.5 Å². The van der Waals surface area contributed by atoms with Crippen molar-refractivity contribution < 1.29 is 13.7 Å². The highest BCUT2D eigenvalue weighted by Crippen LogP contribution is 2.26. The van der Waals surface area contributed by atoms with E-state index in [0.717, 1.165) is 25.9 Å². The summed E-state index contributed by atoms with van der Waals surface area (Å²) in [6.45, 7) is 7.02. The Morgan fingerprint density at radius 3 is 2.57 bits per heavy atom. The third kappa shape index (κ3) is 4.92. The van der Waals surface area contributed by atoms with Gasteiger partial charge in [0, 0.05) is 25.5 Å². The average Bonchev–Trinajstić information content (AvgIpc) is 2.45. The smallest absolute Gasteiger partial charge is 0.442 e. The summed E-state index contributed by atoms with van der Waals surface area (Å²) in [6, 6.07) is 3.45. The van der Waals surface area contributed by atoms with E-state index in [1.165, 1.54) is 12.7 Å². The molecule has 2 heterocycles. The third-order valence-electron chi connectivity index (χ3n) is 3.46. The van der Waals surface area contributed by atoms with E-state index in [0.29, 0.717) is 10.7 Å². The van der Waals surface area contributed by atoms with Gasteiger partial charge >= 0.3 is 6.09 Å². The van der Waals surface area contributed by atoms with Crippen molar-refractivity contribution in [2.24, 2.45) is 4.36 Å². The number of amides is 1. The first-order chi connectivity index (χ1) is 10.7. The molecule has 0 aliphatic carbocycles. The highest BCUT2D eigenvalue weighted by atomic mass is 32.2. The van der Waals surface area contributed by atoms with E-state index in [4.69, 9.17) is 4.74 Å². The van der Waals surface area contributed by atoms with Gasteiger partial charge in [-0.2, -0.15) is 0 Å². The Morgan fingerprint density at radius 1 is 1.30 bits per heavy atom. The molecule has 0 aromatic carbocycles. The minimum atomic E-state index is -2.92. The number of nitrogens with zero attached hydrogens (tertiary/aromatic N) is 3. The minimum absolute atomic E-state index is 0.493. The van der Waals surface area contributed by atoms with Crippen LogP contribution in [-0.4, -0.2) is 40.2 Å². The Morgan fingerprint density at radius 2 is 1.96 bits per heavy atom. The summed E-state index contributed by atoms with van der Waals surface area (Å²) < 4.78 is 22.0. The van der Waals surface area contributed by atoms with Gasteiger partial charge in [-0.3, -0.25) is 0 Å². The lowest BCUT2D eigenvalue weighted by molar-refractivity contribution is 0.0607. The molecule has 0 N–H and O–H groups in total. The highest BCUT2D eigenvalue weighted by molar-refractivity contribution is 7.93. The molecule has 0 radical (unpaired) electrons.